The molecule has 0 amide bonds. The van der Waals surface area contributed by atoms with Gasteiger partial charge in [0, 0.05) is 11.8 Å². The van der Waals surface area contributed by atoms with Crippen molar-refractivity contribution in [2.75, 3.05) is 12.3 Å². The molecule has 0 saturated heterocycles. The van der Waals surface area contributed by atoms with Crippen LogP contribution >= 0.6 is 11.8 Å². The molecule has 0 radical (unpaired) electrons. The minimum absolute atomic E-state index is 0.811. The van der Waals surface area contributed by atoms with Crippen LogP contribution in [0.15, 0.2) is 15.5 Å². The largest absolute Gasteiger partial charge is 0.395 e. The van der Waals surface area contributed by atoms with E-state index < -0.39 is 0 Å². The Morgan fingerprint density at radius 2 is 2.18 bits per heavy atom. The van der Waals surface area contributed by atoms with E-state index in [0.29, 0.717) is 0 Å². The van der Waals surface area contributed by atoms with Crippen LogP contribution in [0.5, 0.6) is 0 Å². The van der Waals surface area contributed by atoms with E-state index in [-0.39, 0.29) is 0 Å². The smallest absolute Gasteiger partial charge is 0.223 e. The first kappa shape index (κ1) is 14.2. The molecule has 7 heteroatoms. The van der Waals surface area contributed by atoms with Crippen LogP contribution in [-0.4, -0.2) is 23.9 Å². The molecule has 1 rings (SSSR count). The summed E-state index contributed by atoms with van der Waals surface area (Å²) in [5.41, 5.74) is 2.78. The molecule has 1 aliphatic rings. The zero-order valence-electron chi connectivity index (χ0n) is 10.0. The number of hydrogen-bond acceptors (Lipinski definition) is 5. The van der Waals surface area contributed by atoms with Gasteiger partial charge in [-0.2, -0.15) is 17.2 Å². The summed E-state index contributed by atoms with van der Waals surface area (Å²) >= 11 is 2.09. The summed E-state index contributed by atoms with van der Waals surface area (Å²) in [6.45, 7) is 0.811. The average Bonchev–Trinajstić information content (AvgIpc) is 2.38. The Hall–Kier alpha value is -0.820. The monoisotopic (exact) mass is 259 g/mol. The lowest BCUT2D eigenvalue weighted by Crippen LogP contribution is -2.16. The Labute approximate surface area is 106 Å². The first-order valence-electron chi connectivity index (χ1n) is 6.05. The zero-order valence-corrected chi connectivity index (χ0v) is 10.9. The molecule has 1 fully saturated rings. The molecule has 0 heterocycles. The number of nitrogens with zero attached hydrogens (tertiary/aromatic N) is 3. The highest BCUT2D eigenvalue weighted by Gasteiger charge is 2.12. The van der Waals surface area contributed by atoms with Crippen LogP contribution in [-0.2, 0) is 4.84 Å². The van der Waals surface area contributed by atoms with Gasteiger partial charge in [0.15, 0.2) is 0 Å². The lowest BCUT2D eigenvalue weighted by molar-refractivity contribution is 0.193. The van der Waals surface area contributed by atoms with Gasteiger partial charge in [-0.15, -0.1) is 0 Å². The van der Waals surface area contributed by atoms with Crippen LogP contribution in [0.25, 0.3) is 0 Å². The second-order valence-electron chi connectivity index (χ2n) is 3.92. The lowest BCUT2D eigenvalue weighted by atomic mass is 10.0. The summed E-state index contributed by atoms with van der Waals surface area (Å²) in [6.07, 6.45) is 9.29. The first-order valence-corrected chi connectivity index (χ1v) is 7.10. The Kier molecular flexibility index (Phi) is 8.66. The van der Waals surface area contributed by atoms with Gasteiger partial charge in [-0.05, 0) is 30.2 Å². The van der Waals surface area contributed by atoms with Gasteiger partial charge in [-0.25, -0.2) is 0 Å². The van der Waals surface area contributed by atoms with Gasteiger partial charge in [0.25, 0.3) is 0 Å². The molecule has 3 N–H and O–H groups in total. The molecule has 0 aliphatic heterocycles. The molecule has 17 heavy (non-hydrogen) atoms. The van der Waals surface area contributed by atoms with Gasteiger partial charge in [-0.1, -0.05) is 29.6 Å². The maximum absolute atomic E-state index is 4.87. The van der Waals surface area contributed by atoms with Gasteiger partial charge in [0.2, 0.25) is 6.40 Å². The quantitative estimate of drug-likeness (QED) is 0.175. The minimum Gasteiger partial charge on any atom is -0.395 e. The molecule has 98 valence electrons. The third-order valence-corrected chi connectivity index (χ3v) is 4.08. The number of nitrogens with one attached hydrogen (secondary N) is 1. The van der Waals surface area contributed by atoms with Crippen molar-refractivity contribution in [3.05, 3.63) is 0 Å². The van der Waals surface area contributed by atoms with Gasteiger partial charge in [0.05, 0.1) is 0 Å². The van der Waals surface area contributed by atoms with Gasteiger partial charge in [-0.3, -0.25) is 0 Å². The number of hydrogen-bond donors (Lipinski definition) is 2. The van der Waals surface area contributed by atoms with Crippen LogP contribution in [0.1, 0.15) is 38.5 Å². The molecule has 0 atom stereocenters. The highest BCUT2D eigenvalue weighted by Crippen LogP contribution is 2.28. The molecule has 0 unspecified atom stereocenters. The topological polar surface area (TPSA) is 84.4 Å². The molecule has 0 aromatic rings. The Balaban J connectivity index is 1.83. The Morgan fingerprint density at radius 3 is 2.94 bits per heavy atom. The first-order chi connectivity index (χ1) is 8.43. The third-order valence-electron chi connectivity index (χ3n) is 2.62. The predicted octanol–water partition coefficient (Wildman–Crippen LogP) is 2.23. The van der Waals surface area contributed by atoms with Crippen molar-refractivity contribution < 1.29 is 4.84 Å². The van der Waals surface area contributed by atoms with Crippen LogP contribution in [0.2, 0.25) is 0 Å². The third kappa shape index (κ3) is 7.98. The summed E-state index contributed by atoms with van der Waals surface area (Å²) in [5, 5.41) is 10.4. The van der Waals surface area contributed by atoms with E-state index in [1.165, 1.54) is 44.3 Å². The number of nitrogens with two attached hydrogens (primary N) is 1. The summed E-state index contributed by atoms with van der Waals surface area (Å²) < 4.78 is 0. The van der Waals surface area contributed by atoms with Crippen molar-refractivity contribution in [1.82, 2.24) is 5.48 Å². The minimum atomic E-state index is 0.811. The van der Waals surface area contributed by atoms with Crippen molar-refractivity contribution >= 4 is 18.2 Å². The fourth-order valence-corrected chi connectivity index (χ4v) is 3.11. The van der Waals surface area contributed by atoms with Crippen molar-refractivity contribution in [3.8, 4) is 0 Å². The van der Waals surface area contributed by atoms with Gasteiger partial charge >= 0.3 is 0 Å². The molecule has 0 bridgehead atoms. The number of thioether (sulfide) groups is 1. The molecule has 0 aromatic carbocycles. The van der Waals surface area contributed by atoms with Gasteiger partial charge < -0.3 is 10.7 Å². The maximum Gasteiger partial charge on any atom is 0.223 e. The summed E-state index contributed by atoms with van der Waals surface area (Å²) in [5.74, 6) is 5.93. The molecule has 1 saturated carbocycles. The molecule has 0 spiro atoms. The van der Waals surface area contributed by atoms with Gasteiger partial charge in [0.1, 0.15) is 0 Å². The fourth-order valence-electron chi connectivity index (χ4n) is 1.80. The molecular formula is C10H21N5OS. The standard InChI is InChI=1S/C10H21N5OS/c11-14-15-12-9-16-13-7-4-8-17-10-5-2-1-3-6-10/h9-10,13H,1-8H2,(H2,11,15)/b12-9-. The fraction of sp³-hybridized carbons (Fsp3) is 0.900. The van der Waals surface area contributed by atoms with Crippen molar-refractivity contribution in [2.24, 2.45) is 21.4 Å². The van der Waals surface area contributed by atoms with Crippen molar-refractivity contribution in [2.45, 2.75) is 43.8 Å². The SMILES string of the molecule is N/N=N/N=C\ONCCCSC1CCCCC1. The molecular weight excluding hydrogens is 238 g/mol. The lowest BCUT2D eigenvalue weighted by Gasteiger charge is -2.20. The Bertz CT molecular complexity index is 231. The van der Waals surface area contributed by atoms with E-state index in [9.17, 15) is 0 Å². The summed E-state index contributed by atoms with van der Waals surface area (Å²) in [7, 11) is 0. The highest BCUT2D eigenvalue weighted by molar-refractivity contribution is 7.99. The highest BCUT2D eigenvalue weighted by atomic mass is 32.2. The van der Waals surface area contributed by atoms with E-state index in [1.807, 2.05) is 0 Å². The van der Waals surface area contributed by atoms with E-state index in [1.54, 1.807) is 0 Å². The second-order valence-corrected chi connectivity index (χ2v) is 5.33. The van der Waals surface area contributed by atoms with Crippen LogP contribution in [0.4, 0.5) is 0 Å². The number of rotatable bonds is 8. The van der Waals surface area contributed by atoms with E-state index in [2.05, 4.69) is 32.8 Å². The number of hydroxylamine groups is 1. The molecule has 6 nitrogen and oxygen atoms in total. The average molecular weight is 259 g/mol. The predicted molar refractivity (Wildman–Crippen MR) is 70.6 cm³/mol. The molecule has 0 aromatic heterocycles. The normalized spacial score (nSPS) is 18.1. The maximum atomic E-state index is 4.87. The summed E-state index contributed by atoms with van der Waals surface area (Å²) in [4.78, 5) is 4.87. The zero-order chi connectivity index (χ0) is 12.2. The second kappa shape index (κ2) is 10.3. The molecule has 1 aliphatic carbocycles. The van der Waals surface area contributed by atoms with Crippen LogP contribution < -0.4 is 11.3 Å². The van der Waals surface area contributed by atoms with Crippen molar-refractivity contribution in [1.29, 1.82) is 0 Å². The van der Waals surface area contributed by atoms with E-state index in [0.717, 1.165) is 18.2 Å². The van der Waals surface area contributed by atoms with E-state index >= 15 is 0 Å². The van der Waals surface area contributed by atoms with Crippen LogP contribution in [0, 0.1) is 0 Å². The Morgan fingerprint density at radius 1 is 1.35 bits per heavy atom. The van der Waals surface area contributed by atoms with Crippen LogP contribution in [0.3, 0.4) is 0 Å². The van der Waals surface area contributed by atoms with Crippen molar-refractivity contribution in [3.63, 3.8) is 0 Å². The van der Waals surface area contributed by atoms with E-state index in [4.69, 9.17) is 10.7 Å². The summed E-state index contributed by atoms with van der Waals surface area (Å²) in [6, 6.07) is 0.